The molecule has 9 heteroatoms. The summed E-state index contributed by atoms with van der Waals surface area (Å²) in [5.74, 6) is 0. The highest BCUT2D eigenvalue weighted by Crippen LogP contribution is 2.35. The lowest BCUT2D eigenvalue weighted by atomic mass is 10.2. The van der Waals surface area contributed by atoms with Crippen LogP contribution in [-0.4, -0.2) is 34.2 Å². The Morgan fingerprint density at radius 3 is 2.20 bits per heavy atom. The maximum atomic E-state index is 12.9. The molecule has 1 aliphatic rings. The van der Waals surface area contributed by atoms with Gasteiger partial charge in [-0.3, -0.25) is 0 Å². The van der Waals surface area contributed by atoms with Crippen molar-refractivity contribution in [2.24, 2.45) is 0 Å². The fraction of sp³-hybridized carbons (Fsp3) is 0.375. The van der Waals surface area contributed by atoms with E-state index in [0.717, 1.165) is 30.6 Å². The van der Waals surface area contributed by atoms with Crippen molar-refractivity contribution < 1.29 is 16.8 Å². The van der Waals surface area contributed by atoms with Crippen LogP contribution in [-0.2, 0) is 19.9 Å². The number of nitrogens with zero attached hydrogens (tertiary/aromatic N) is 1. The number of piperidine rings is 1. The average Bonchev–Trinajstić information content (AvgIpc) is 2.99. The fourth-order valence-corrected chi connectivity index (χ4v) is 8.12. The number of sulfonamides is 1. The number of hydrogen-bond acceptors (Lipinski definition) is 5. The lowest BCUT2D eigenvalue weighted by molar-refractivity contribution is 0.347. The number of sulfone groups is 1. The van der Waals surface area contributed by atoms with Crippen molar-refractivity contribution in [2.45, 2.75) is 40.2 Å². The molecule has 3 rings (SSSR count). The van der Waals surface area contributed by atoms with Gasteiger partial charge in [0.2, 0.25) is 9.84 Å². The minimum atomic E-state index is -3.79. The molecule has 0 bridgehead atoms. The van der Waals surface area contributed by atoms with Gasteiger partial charge in [0.1, 0.15) is 4.21 Å². The Hall–Kier alpha value is -0.930. The Morgan fingerprint density at radius 1 is 1.00 bits per heavy atom. The van der Waals surface area contributed by atoms with Crippen molar-refractivity contribution in [2.75, 3.05) is 13.1 Å². The first kappa shape index (κ1) is 18.8. The molecule has 1 aliphatic heterocycles. The molecule has 0 unspecified atom stereocenters. The molecule has 25 heavy (non-hydrogen) atoms. The minimum Gasteiger partial charge on any atom is -0.218 e. The molecule has 0 atom stereocenters. The maximum Gasteiger partial charge on any atom is 0.252 e. The van der Waals surface area contributed by atoms with Crippen molar-refractivity contribution >= 4 is 42.8 Å². The van der Waals surface area contributed by atoms with E-state index in [1.165, 1.54) is 34.0 Å². The van der Waals surface area contributed by atoms with E-state index >= 15 is 0 Å². The molecular formula is C16H18ClNO4S3. The third-order valence-electron chi connectivity index (χ3n) is 4.25. The zero-order valence-electron chi connectivity index (χ0n) is 13.6. The summed E-state index contributed by atoms with van der Waals surface area (Å²) < 4.78 is 52.9. The minimum absolute atomic E-state index is 0.0374. The second-order valence-electron chi connectivity index (χ2n) is 5.93. The van der Waals surface area contributed by atoms with E-state index in [4.69, 9.17) is 11.6 Å². The summed E-state index contributed by atoms with van der Waals surface area (Å²) in [7, 11) is -7.44. The van der Waals surface area contributed by atoms with Crippen LogP contribution >= 0.6 is 22.9 Å². The topological polar surface area (TPSA) is 71.5 Å². The van der Waals surface area contributed by atoms with Crippen LogP contribution in [0, 0.1) is 6.92 Å². The second-order valence-corrected chi connectivity index (χ2v) is 11.3. The van der Waals surface area contributed by atoms with Crippen molar-refractivity contribution in [1.29, 1.82) is 0 Å². The van der Waals surface area contributed by atoms with E-state index in [-0.39, 0.29) is 19.6 Å². The highest BCUT2D eigenvalue weighted by atomic mass is 35.5. The van der Waals surface area contributed by atoms with Gasteiger partial charge >= 0.3 is 0 Å². The number of benzene rings is 1. The van der Waals surface area contributed by atoms with Gasteiger partial charge in [-0.15, -0.1) is 11.3 Å². The summed E-state index contributed by atoms with van der Waals surface area (Å²) in [4.78, 5) is 0.134. The van der Waals surface area contributed by atoms with E-state index in [1.54, 1.807) is 6.92 Å². The van der Waals surface area contributed by atoms with Crippen LogP contribution in [0.3, 0.4) is 0 Å². The van der Waals surface area contributed by atoms with Crippen LogP contribution in [0.5, 0.6) is 0 Å². The van der Waals surface area contributed by atoms with Crippen LogP contribution in [0.2, 0.25) is 5.02 Å². The van der Waals surface area contributed by atoms with Gasteiger partial charge in [-0.1, -0.05) is 18.0 Å². The normalized spacial score (nSPS) is 16.9. The van der Waals surface area contributed by atoms with Crippen molar-refractivity contribution in [3.8, 4) is 0 Å². The predicted octanol–water partition coefficient (Wildman–Crippen LogP) is 3.72. The van der Waals surface area contributed by atoms with Crippen LogP contribution < -0.4 is 0 Å². The standard InChI is InChI=1S/C16H18ClNO4S3/c1-12-15(24(19,20)14-7-5-13(17)6-8-14)11-23-16(12)25(21,22)18-9-3-2-4-10-18/h5-8,11H,2-4,9-10H2,1H3. The van der Waals surface area contributed by atoms with Crippen LogP contribution in [0.1, 0.15) is 24.8 Å². The van der Waals surface area contributed by atoms with Crippen molar-refractivity contribution in [1.82, 2.24) is 4.31 Å². The first-order valence-electron chi connectivity index (χ1n) is 7.83. The molecule has 5 nitrogen and oxygen atoms in total. The molecule has 1 fully saturated rings. The Labute approximate surface area is 157 Å². The summed E-state index contributed by atoms with van der Waals surface area (Å²) >= 11 is 6.78. The quantitative estimate of drug-likeness (QED) is 0.757. The molecule has 2 aromatic rings. The second kappa shape index (κ2) is 7.00. The number of thiophene rings is 1. The fourth-order valence-electron chi connectivity index (χ4n) is 2.87. The molecule has 0 N–H and O–H groups in total. The van der Waals surface area contributed by atoms with Gasteiger partial charge in [-0.25, -0.2) is 16.8 Å². The number of hydrogen-bond donors (Lipinski definition) is 0. The molecule has 0 saturated carbocycles. The lowest BCUT2D eigenvalue weighted by Crippen LogP contribution is -2.35. The largest absolute Gasteiger partial charge is 0.252 e. The Morgan fingerprint density at radius 2 is 1.60 bits per heavy atom. The molecule has 1 saturated heterocycles. The van der Waals surface area contributed by atoms with E-state index in [1.807, 2.05) is 0 Å². The molecule has 136 valence electrons. The van der Waals surface area contributed by atoms with Gasteiger partial charge in [-0.2, -0.15) is 4.31 Å². The third kappa shape index (κ3) is 3.50. The molecule has 0 radical (unpaired) electrons. The van der Waals surface area contributed by atoms with Crippen molar-refractivity contribution in [3.63, 3.8) is 0 Å². The van der Waals surface area contributed by atoms with Gasteiger partial charge < -0.3 is 0 Å². The van der Waals surface area contributed by atoms with Crippen molar-refractivity contribution in [3.05, 3.63) is 40.2 Å². The highest BCUT2D eigenvalue weighted by molar-refractivity contribution is 7.92. The molecule has 1 aromatic carbocycles. The van der Waals surface area contributed by atoms with Gasteiger partial charge in [0.05, 0.1) is 9.79 Å². The molecule has 1 aromatic heterocycles. The maximum absolute atomic E-state index is 12.9. The SMILES string of the molecule is Cc1c(S(=O)(=O)c2ccc(Cl)cc2)csc1S(=O)(=O)N1CCCCC1. The zero-order chi connectivity index (χ0) is 18.2. The van der Waals surface area contributed by atoms with Gasteiger partial charge in [-0.05, 0) is 49.6 Å². The van der Waals surface area contributed by atoms with E-state index < -0.39 is 19.9 Å². The summed E-state index contributed by atoms with van der Waals surface area (Å²) in [5.41, 5.74) is 0.283. The molecule has 0 spiro atoms. The molecule has 2 heterocycles. The zero-order valence-corrected chi connectivity index (χ0v) is 16.8. The monoisotopic (exact) mass is 419 g/mol. The number of halogens is 1. The molecular weight excluding hydrogens is 402 g/mol. The molecule has 0 aliphatic carbocycles. The molecule has 0 amide bonds. The average molecular weight is 420 g/mol. The smallest absolute Gasteiger partial charge is 0.218 e. The summed E-state index contributed by atoms with van der Waals surface area (Å²) in [5, 5.41) is 1.85. The Balaban J connectivity index is 2.02. The lowest BCUT2D eigenvalue weighted by Gasteiger charge is -2.25. The van der Waals surface area contributed by atoms with Gasteiger partial charge in [0.25, 0.3) is 10.0 Å². The summed E-state index contributed by atoms with van der Waals surface area (Å²) in [6.07, 6.45) is 2.69. The first-order valence-corrected chi connectivity index (χ1v) is 12.0. The predicted molar refractivity (Wildman–Crippen MR) is 98.6 cm³/mol. The first-order chi connectivity index (χ1) is 11.7. The summed E-state index contributed by atoms with van der Waals surface area (Å²) in [6.45, 7) is 2.52. The third-order valence-corrected chi connectivity index (χ3v) is 10.2. The summed E-state index contributed by atoms with van der Waals surface area (Å²) in [6, 6.07) is 5.85. The number of rotatable bonds is 4. The highest BCUT2D eigenvalue weighted by Gasteiger charge is 2.32. The van der Waals surface area contributed by atoms with Gasteiger partial charge in [0.15, 0.2) is 0 Å². The Kier molecular flexibility index (Phi) is 5.28. The van der Waals surface area contributed by atoms with E-state index in [0.29, 0.717) is 18.1 Å². The van der Waals surface area contributed by atoms with Crippen LogP contribution in [0.25, 0.3) is 0 Å². The Bertz CT molecular complexity index is 973. The van der Waals surface area contributed by atoms with E-state index in [9.17, 15) is 16.8 Å². The van der Waals surface area contributed by atoms with Crippen LogP contribution in [0.4, 0.5) is 0 Å². The van der Waals surface area contributed by atoms with E-state index in [2.05, 4.69) is 0 Å². The van der Waals surface area contributed by atoms with Gasteiger partial charge in [0, 0.05) is 23.5 Å². The van der Waals surface area contributed by atoms with Crippen LogP contribution in [0.15, 0.2) is 43.6 Å².